The lowest BCUT2D eigenvalue weighted by Gasteiger charge is -2.24. The van der Waals surface area contributed by atoms with Gasteiger partial charge in [0.2, 0.25) is 17.7 Å². The van der Waals surface area contributed by atoms with Crippen molar-refractivity contribution >= 4 is 36.4 Å². The van der Waals surface area contributed by atoms with Crippen molar-refractivity contribution in [1.29, 1.82) is 0 Å². The van der Waals surface area contributed by atoms with Crippen LogP contribution in [0.1, 0.15) is 51.7 Å². The first kappa shape index (κ1) is 36.4. The van der Waals surface area contributed by atoms with Gasteiger partial charge in [-0.3, -0.25) is 23.4 Å². The average molecular weight is 627 g/mol. The molecule has 1 heterocycles. The number of methoxy groups -OCH3 is 1. The number of fused-ring (bicyclic) bond motifs is 1. The molecule has 14 heteroatoms. The molecule has 2 aromatic rings. The Morgan fingerprint density at radius 1 is 1.09 bits per heavy atom. The summed E-state index contributed by atoms with van der Waals surface area (Å²) in [7, 11) is -2.89. The largest absolute Gasteiger partial charge is 0.472 e. The maximum absolute atomic E-state index is 13.0. The molecule has 1 aromatic heterocycles. The number of aryl methyl sites for hydroxylation is 1. The molecule has 2 rings (SSSR count). The van der Waals surface area contributed by atoms with Gasteiger partial charge >= 0.3 is 7.82 Å². The van der Waals surface area contributed by atoms with Crippen molar-refractivity contribution in [1.82, 2.24) is 20.9 Å². The maximum Gasteiger partial charge on any atom is 0.472 e. The number of nitrogens with one attached hydrogen (secondary N) is 4. The van der Waals surface area contributed by atoms with Crippen LogP contribution in [0.25, 0.3) is 10.9 Å². The molecule has 0 spiro atoms. The number of aromatic nitrogens is 1. The van der Waals surface area contributed by atoms with Gasteiger partial charge in [-0.1, -0.05) is 32.4 Å². The Kier molecular flexibility index (Phi) is 15.3. The van der Waals surface area contributed by atoms with E-state index in [4.69, 9.17) is 18.5 Å². The highest BCUT2D eigenvalue weighted by Gasteiger charge is 2.27. The number of rotatable bonds is 20. The Hall–Kier alpha value is -2.80. The summed E-state index contributed by atoms with van der Waals surface area (Å²) in [6.07, 6.45) is 3.20. The van der Waals surface area contributed by atoms with Crippen molar-refractivity contribution in [2.24, 2.45) is 5.92 Å². The number of ether oxygens (including phenoxy) is 2. The van der Waals surface area contributed by atoms with Crippen LogP contribution in [-0.2, 0) is 43.9 Å². The SMILES string of the molecule is CC[C@H](C)[C@H](NC(=O)Cc1c[nH]c2cccc(C)c12)C(=O)NCCOP(=O)(O)OCC(COCC[C@@H](C)OC)NC(C)=O. The van der Waals surface area contributed by atoms with Gasteiger partial charge in [-0.25, -0.2) is 4.57 Å². The minimum atomic E-state index is -4.49. The minimum Gasteiger partial charge on any atom is -0.382 e. The number of phosphoric acid groups is 1. The van der Waals surface area contributed by atoms with Gasteiger partial charge < -0.3 is 35.3 Å². The maximum atomic E-state index is 13.0. The van der Waals surface area contributed by atoms with Crippen LogP contribution in [0.15, 0.2) is 24.4 Å². The summed E-state index contributed by atoms with van der Waals surface area (Å²) in [5.74, 6) is -1.23. The van der Waals surface area contributed by atoms with Gasteiger partial charge in [0, 0.05) is 44.3 Å². The van der Waals surface area contributed by atoms with E-state index in [9.17, 15) is 23.8 Å². The Labute approximate surface area is 253 Å². The van der Waals surface area contributed by atoms with Crippen molar-refractivity contribution in [3.63, 3.8) is 0 Å². The summed E-state index contributed by atoms with van der Waals surface area (Å²) in [4.78, 5) is 50.6. The highest BCUT2D eigenvalue weighted by molar-refractivity contribution is 7.47. The zero-order valence-electron chi connectivity index (χ0n) is 25.9. The van der Waals surface area contributed by atoms with Gasteiger partial charge in [0.1, 0.15) is 6.04 Å². The lowest BCUT2D eigenvalue weighted by atomic mass is 9.97. The molecule has 3 amide bonds. The second-order valence-corrected chi connectivity index (χ2v) is 12.1. The van der Waals surface area contributed by atoms with E-state index >= 15 is 0 Å². The van der Waals surface area contributed by atoms with Gasteiger partial charge in [-0.05, 0) is 43.4 Å². The number of H-pyrrole nitrogens is 1. The predicted molar refractivity (Wildman–Crippen MR) is 162 cm³/mol. The van der Waals surface area contributed by atoms with Crippen LogP contribution in [0.4, 0.5) is 0 Å². The fraction of sp³-hybridized carbons (Fsp3) is 0.621. The quantitative estimate of drug-likeness (QED) is 0.109. The van der Waals surface area contributed by atoms with Crippen molar-refractivity contribution < 1.29 is 42.4 Å². The van der Waals surface area contributed by atoms with Crippen LogP contribution in [0.5, 0.6) is 0 Å². The zero-order valence-corrected chi connectivity index (χ0v) is 26.8. The molecule has 242 valence electrons. The molecular formula is C29H47N4O9P. The number of carbonyl (C=O) groups is 3. The molecule has 43 heavy (non-hydrogen) atoms. The molecule has 0 saturated carbocycles. The summed E-state index contributed by atoms with van der Waals surface area (Å²) in [6, 6.07) is 4.39. The number of benzene rings is 1. The predicted octanol–water partition coefficient (Wildman–Crippen LogP) is 2.75. The van der Waals surface area contributed by atoms with E-state index in [1.165, 1.54) is 6.92 Å². The summed E-state index contributed by atoms with van der Waals surface area (Å²) in [6.45, 7) is 8.68. The van der Waals surface area contributed by atoms with Crippen molar-refractivity contribution in [3.8, 4) is 0 Å². The molecular weight excluding hydrogens is 579 g/mol. The highest BCUT2D eigenvalue weighted by atomic mass is 31.2. The van der Waals surface area contributed by atoms with Gasteiger partial charge in [-0.2, -0.15) is 0 Å². The zero-order chi connectivity index (χ0) is 32.0. The number of hydrogen-bond donors (Lipinski definition) is 5. The molecule has 5 atom stereocenters. The topological polar surface area (TPSA) is 177 Å². The number of phosphoric ester groups is 1. The second-order valence-electron chi connectivity index (χ2n) is 10.6. The van der Waals surface area contributed by atoms with E-state index in [0.717, 1.165) is 22.0 Å². The first-order valence-corrected chi connectivity index (χ1v) is 16.0. The fourth-order valence-electron chi connectivity index (χ4n) is 4.37. The van der Waals surface area contributed by atoms with E-state index in [2.05, 4.69) is 20.9 Å². The molecule has 1 aromatic carbocycles. The normalized spacial score (nSPS) is 15.7. The number of amides is 3. The molecule has 0 aliphatic heterocycles. The van der Waals surface area contributed by atoms with E-state index in [0.29, 0.717) is 19.4 Å². The Morgan fingerprint density at radius 2 is 1.84 bits per heavy atom. The third-order valence-corrected chi connectivity index (χ3v) is 8.04. The van der Waals surface area contributed by atoms with E-state index < -0.39 is 25.8 Å². The first-order valence-electron chi connectivity index (χ1n) is 14.5. The number of hydrogen-bond acceptors (Lipinski definition) is 8. The van der Waals surface area contributed by atoms with Crippen LogP contribution in [0.2, 0.25) is 0 Å². The number of carbonyl (C=O) groups excluding carboxylic acids is 3. The molecule has 0 radical (unpaired) electrons. The van der Waals surface area contributed by atoms with Crippen molar-refractivity contribution in [2.45, 2.75) is 72.1 Å². The molecule has 0 aliphatic rings. The summed E-state index contributed by atoms with van der Waals surface area (Å²) in [5, 5.41) is 9.08. The van der Waals surface area contributed by atoms with Gasteiger partial charge in [0.25, 0.3) is 0 Å². The van der Waals surface area contributed by atoms with Gasteiger partial charge in [0.15, 0.2) is 0 Å². The summed E-state index contributed by atoms with van der Waals surface area (Å²) in [5.41, 5.74) is 2.83. The molecule has 0 saturated heterocycles. The standard InChI is InChI=1S/C29H47N4O9P/c1-7-19(2)28(33-26(35)15-23-16-31-25-10-8-9-20(3)27(23)25)29(36)30-12-14-41-43(37,38)42-18-24(32-22(5)34)17-40-13-11-21(4)39-6/h8-10,16,19,21,24,28,31H,7,11-15,17-18H2,1-6H3,(H,30,36)(H,32,34)(H,33,35)(H,37,38)/t19-,21+,24?,28-/m0/s1. The lowest BCUT2D eigenvalue weighted by Crippen LogP contribution is -2.51. The van der Waals surface area contributed by atoms with E-state index in [1.807, 2.05) is 45.9 Å². The second kappa shape index (κ2) is 18.1. The van der Waals surface area contributed by atoms with E-state index in [1.54, 1.807) is 13.3 Å². The van der Waals surface area contributed by atoms with Crippen molar-refractivity contribution in [2.75, 3.05) is 40.1 Å². The van der Waals surface area contributed by atoms with Crippen LogP contribution >= 0.6 is 7.82 Å². The molecule has 13 nitrogen and oxygen atoms in total. The Bertz CT molecular complexity index is 1240. The highest BCUT2D eigenvalue weighted by Crippen LogP contribution is 2.42. The van der Waals surface area contributed by atoms with Crippen LogP contribution in [0.3, 0.4) is 0 Å². The summed E-state index contributed by atoms with van der Waals surface area (Å²) < 4.78 is 33.1. The molecule has 0 fully saturated rings. The van der Waals surface area contributed by atoms with Crippen LogP contribution < -0.4 is 16.0 Å². The molecule has 0 aliphatic carbocycles. The Morgan fingerprint density at radius 3 is 2.51 bits per heavy atom. The summed E-state index contributed by atoms with van der Waals surface area (Å²) >= 11 is 0. The first-order chi connectivity index (χ1) is 20.4. The van der Waals surface area contributed by atoms with E-state index in [-0.39, 0.29) is 56.6 Å². The fourth-order valence-corrected chi connectivity index (χ4v) is 5.13. The van der Waals surface area contributed by atoms with Crippen LogP contribution in [0, 0.1) is 12.8 Å². The third kappa shape index (κ3) is 12.8. The van der Waals surface area contributed by atoms with Crippen molar-refractivity contribution in [3.05, 3.63) is 35.5 Å². The Balaban J connectivity index is 1.83. The molecule has 5 N–H and O–H groups in total. The third-order valence-electron chi connectivity index (χ3n) is 7.05. The number of aromatic amines is 1. The molecule has 2 unspecified atom stereocenters. The average Bonchev–Trinajstić information content (AvgIpc) is 3.37. The molecule has 0 bridgehead atoms. The smallest absolute Gasteiger partial charge is 0.382 e. The lowest BCUT2D eigenvalue weighted by molar-refractivity contribution is -0.130. The van der Waals surface area contributed by atoms with Gasteiger partial charge in [0.05, 0.1) is 38.4 Å². The van der Waals surface area contributed by atoms with Crippen LogP contribution in [-0.4, -0.2) is 85.9 Å². The minimum absolute atomic E-state index is 0.00776. The monoisotopic (exact) mass is 626 g/mol. The van der Waals surface area contributed by atoms with Gasteiger partial charge in [-0.15, -0.1) is 0 Å².